The Morgan fingerprint density at radius 3 is 2.50 bits per heavy atom. The van der Waals surface area contributed by atoms with Gasteiger partial charge < -0.3 is 5.32 Å². The maximum Gasteiger partial charge on any atom is 0.234 e. The van der Waals surface area contributed by atoms with Crippen LogP contribution in [0.3, 0.4) is 0 Å². The van der Waals surface area contributed by atoms with E-state index in [0.29, 0.717) is 6.54 Å². The van der Waals surface area contributed by atoms with Crippen LogP contribution in [0.5, 0.6) is 0 Å². The van der Waals surface area contributed by atoms with Crippen molar-refractivity contribution in [2.24, 2.45) is 0 Å². The van der Waals surface area contributed by atoms with Crippen molar-refractivity contribution < 1.29 is 0 Å². The van der Waals surface area contributed by atoms with E-state index in [2.05, 4.69) is 46.4 Å². The van der Waals surface area contributed by atoms with E-state index in [-0.39, 0.29) is 5.54 Å². The van der Waals surface area contributed by atoms with Gasteiger partial charge in [-0.15, -0.1) is 15.3 Å². The molecule has 0 aliphatic heterocycles. The second kappa shape index (κ2) is 4.74. The lowest BCUT2D eigenvalue weighted by Gasteiger charge is -2.19. The number of nitrogens with one attached hydrogen (secondary N) is 1. The van der Waals surface area contributed by atoms with E-state index < -0.39 is 0 Å². The fraction of sp³-hybridized carbons (Fsp3) is 0.636. The molecule has 2 aromatic heterocycles. The molecule has 1 N–H and O–H groups in total. The molecule has 0 unspecified atom stereocenters. The highest BCUT2D eigenvalue weighted by Gasteiger charge is 2.13. The van der Waals surface area contributed by atoms with Gasteiger partial charge in [0.15, 0.2) is 0 Å². The summed E-state index contributed by atoms with van der Waals surface area (Å²) in [7, 11) is 0. The van der Waals surface area contributed by atoms with Crippen LogP contribution in [0.4, 0.5) is 0 Å². The van der Waals surface area contributed by atoms with Gasteiger partial charge in [0.2, 0.25) is 5.13 Å². The SMILES string of the molecule is Cc1nc(C)n(-c2nnc(CNC(C)(C)C)s2)n1. The molecule has 0 aromatic carbocycles. The van der Waals surface area contributed by atoms with Crippen LogP contribution in [0, 0.1) is 13.8 Å². The minimum atomic E-state index is 0.0750. The van der Waals surface area contributed by atoms with Crippen molar-refractivity contribution in [2.45, 2.75) is 46.7 Å². The number of aryl methyl sites for hydroxylation is 2. The smallest absolute Gasteiger partial charge is 0.234 e. The van der Waals surface area contributed by atoms with Gasteiger partial charge in [-0.2, -0.15) is 4.68 Å². The quantitative estimate of drug-likeness (QED) is 0.914. The molecule has 18 heavy (non-hydrogen) atoms. The van der Waals surface area contributed by atoms with E-state index in [0.717, 1.165) is 21.8 Å². The lowest BCUT2D eigenvalue weighted by molar-refractivity contribution is 0.423. The Morgan fingerprint density at radius 2 is 1.94 bits per heavy atom. The second-order valence-electron chi connectivity index (χ2n) is 5.20. The van der Waals surface area contributed by atoms with Crippen molar-refractivity contribution in [3.63, 3.8) is 0 Å². The van der Waals surface area contributed by atoms with Gasteiger partial charge in [0.1, 0.15) is 16.7 Å². The van der Waals surface area contributed by atoms with Crippen molar-refractivity contribution in [1.82, 2.24) is 30.3 Å². The predicted molar refractivity (Wildman–Crippen MR) is 70.9 cm³/mol. The first-order chi connectivity index (χ1) is 8.35. The number of hydrogen-bond donors (Lipinski definition) is 1. The summed E-state index contributed by atoms with van der Waals surface area (Å²) in [6, 6.07) is 0. The van der Waals surface area contributed by atoms with Crippen molar-refractivity contribution in [1.29, 1.82) is 0 Å². The fourth-order valence-corrected chi connectivity index (χ4v) is 2.22. The third-order valence-electron chi connectivity index (χ3n) is 2.28. The summed E-state index contributed by atoms with van der Waals surface area (Å²) in [6.07, 6.45) is 0. The van der Waals surface area contributed by atoms with Crippen molar-refractivity contribution in [3.8, 4) is 5.13 Å². The molecular weight excluding hydrogens is 248 g/mol. The average molecular weight is 266 g/mol. The Hall–Kier alpha value is -1.34. The molecule has 0 fully saturated rings. The van der Waals surface area contributed by atoms with Crippen LogP contribution < -0.4 is 5.32 Å². The molecule has 98 valence electrons. The fourth-order valence-electron chi connectivity index (χ4n) is 1.44. The van der Waals surface area contributed by atoms with E-state index in [9.17, 15) is 0 Å². The summed E-state index contributed by atoms with van der Waals surface area (Å²) in [4.78, 5) is 4.26. The average Bonchev–Trinajstić information content (AvgIpc) is 2.81. The lowest BCUT2D eigenvalue weighted by Crippen LogP contribution is -2.35. The third-order valence-corrected chi connectivity index (χ3v) is 3.18. The number of nitrogens with zero attached hydrogens (tertiary/aromatic N) is 5. The zero-order valence-electron chi connectivity index (χ0n) is 11.4. The van der Waals surface area contributed by atoms with Crippen LogP contribution in [0.25, 0.3) is 5.13 Å². The Balaban J connectivity index is 2.13. The van der Waals surface area contributed by atoms with Gasteiger partial charge in [-0.05, 0) is 34.6 Å². The Bertz CT molecular complexity index is 536. The summed E-state index contributed by atoms with van der Waals surface area (Å²) >= 11 is 1.53. The van der Waals surface area contributed by atoms with Crippen LogP contribution in [0.2, 0.25) is 0 Å². The second-order valence-corrected chi connectivity index (χ2v) is 6.24. The first-order valence-electron chi connectivity index (χ1n) is 5.83. The van der Waals surface area contributed by atoms with Crippen LogP contribution in [-0.4, -0.2) is 30.5 Å². The number of hydrogen-bond acceptors (Lipinski definition) is 6. The van der Waals surface area contributed by atoms with Crippen LogP contribution >= 0.6 is 11.3 Å². The molecular formula is C11H18N6S. The summed E-state index contributed by atoms with van der Waals surface area (Å²) in [6.45, 7) is 10.9. The van der Waals surface area contributed by atoms with Gasteiger partial charge >= 0.3 is 0 Å². The van der Waals surface area contributed by atoms with Gasteiger partial charge in [0.05, 0.1) is 6.54 Å². The zero-order valence-corrected chi connectivity index (χ0v) is 12.2. The van der Waals surface area contributed by atoms with E-state index in [1.807, 2.05) is 13.8 Å². The predicted octanol–water partition coefficient (Wildman–Crippen LogP) is 1.62. The first-order valence-corrected chi connectivity index (χ1v) is 6.65. The molecule has 0 aliphatic carbocycles. The maximum atomic E-state index is 4.30. The molecule has 2 aromatic rings. The highest BCUT2D eigenvalue weighted by atomic mass is 32.1. The molecule has 2 heterocycles. The number of aromatic nitrogens is 5. The van der Waals surface area contributed by atoms with E-state index in [4.69, 9.17) is 0 Å². The summed E-state index contributed by atoms with van der Waals surface area (Å²) < 4.78 is 1.73. The highest BCUT2D eigenvalue weighted by Crippen LogP contribution is 2.16. The molecule has 0 amide bonds. The van der Waals surface area contributed by atoms with Gasteiger partial charge in [-0.1, -0.05) is 11.3 Å². The molecule has 2 rings (SSSR count). The Kier molecular flexibility index (Phi) is 3.45. The minimum absolute atomic E-state index is 0.0750. The molecule has 6 nitrogen and oxygen atoms in total. The highest BCUT2D eigenvalue weighted by molar-refractivity contribution is 7.13. The zero-order chi connectivity index (χ0) is 13.3. The molecule has 0 atom stereocenters. The van der Waals surface area contributed by atoms with Crippen molar-refractivity contribution >= 4 is 11.3 Å². The molecule has 0 aliphatic rings. The Labute approximate surface area is 110 Å². The molecule has 0 saturated heterocycles. The van der Waals surface area contributed by atoms with E-state index in [1.54, 1.807) is 4.68 Å². The van der Waals surface area contributed by atoms with Crippen molar-refractivity contribution in [3.05, 3.63) is 16.7 Å². The van der Waals surface area contributed by atoms with E-state index in [1.165, 1.54) is 11.3 Å². The normalized spacial score (nSPS) is 12.1. The van der Waals surface area contributed by atoms with Crippen LogP contribution in [0.15, 0.2) is 0 Å². The maximum absolute atomic E-state index is 4.30. The number of rotatable bonds is 3. The van der Waals surface area contributed by atoms with Gasteiger partial charge in [0, 0.05) is 5.54 Å². The monoisotopic (exact) mass is 266 g/mol. The largest absolute Gasteiger partial charge is 0.306 e. The van der Waals surface area contributed by atoms with Gasteiger partial charge in [-0.25, -0.2) is 4.98 Å². The standard InChI is InChI=1S/C11H18N6S/c1-7-13-8(2)17(16-7)10-15-14-9(18-10)6-12-11(3,4)5/h12H,6H2,1-5H3. The summed E-state index contributed by atoms with van der Waals surface area (Å²) in [5, 5.41) is 17.7. The minimum Gasteiger partial charge on any atom is -0.306 e. The molecule has 0 radical (unpaired) electrons. The topological polar surface area (TPSA) is 68.5 Å². The van der Waals surface area contributed by atoms with Crippen molar-refractivity contribution in [2.75, 3.05) is 0 Å². The molecule has 0 spiro atoms. The lowest BCUT2D eigenvalue weighted by atomic mass is 10.1. The summed E-state index contributed by atoms with van der Waals surface area (Å²) in [5.74, 6) is 1.58. The molecule has 7 heteroatoms. The van der Waals surface area contributed by atoms with Crippen LogP contribution in [-0.2, 0) is 6.54 Å². The Morgan fingerprint density at radius 1 is 1.22 bits per heavy atom. The van der Waals surface area contributed by atoms with Crippen LogP contribution in [0.1, 0.15) is 37.4 Å². The molecule has 0 bridgehead atoms. The third kappa shape index (κ3) is 3.11. The first kappa shape index (κ1) is 13.1. The summed E-state index contributed by atoms with van der Waals surface area (Å²) in [5.41, 5.74) is 0.0750. The van der Waals surface area contributed by atoms with Gasteiger partial charge in [-0.3, -0.25) is 0 Å². The molecule has 0 saturated carbocycles. The van der Waals surface area contributed by atoms with Gasteiger partial charge in [0.25, 0.3) is 0 Å². The van der Waals surface area contributed by atoms with E-state index >= 15 is 0 Å².